The molecule has 1 aliphatic carbocycles. The molecule has 2 fully saturated rings. The Bertz CT molecular complexity index is 1030. The summed E-state index contributed by atoms with van der Waals surface area (Å²) in [4.78, 5) is 15.1. The molecule has 168 valence electrons. The first-order valence-electron chi connectivity index (χ1n) is 11.0. The molecular weight excluding hydrogens is 404 g/mol. The van der Waals surface area contributed by atoms with Crippen molar-refractivity contribution in [2.75, 3.05) is 33.1 Å². The third-order valence-electron chi connectivity index (χ3n) is 7.12. The molecule has 0 bridgehead atoms. The number of nitrogens with one attached hydrogen (secondary N) is 2. The van der Waals surface area contributed by atoms with Gasteiger partial charge < -0.3 is 25.0 Å². The Morgan fingerprint density at radius 3 is 2.69 bits per heavy atom. The van der Waals surface area contributed by atoms with E-state index in [2.05, 4.69) is 40.8 Å². The summed E-state index contributed by atoms with van der Waals surface area (Å²) >= 11 is 0. The average molecular weight is 435 g/mol. The fraction of sp³-hybridized carbons (Fsp3) is 0.440. The monoisotopic (exact) mass is 434 g/mol. The molecule has 1 saturated heterocycles. The van der Waals surface area contributed by atoms with E-state index in [0.29, 0.717) is 17.3 Å². The molecule has 1 aliphatic heterocycles. The molecule has 0 aromatic heterocycles. The fourth-order valence-electron chi connectivity index (χ4n) is 5.43. The van der Waals surface area contributed by atoms with E-state index in [9.17, 15) is 10.1 Å². The van der Waals surface area contributed by atoms with Gasteiger partial charge in [-0.3, -0.25) is 0 Å². The summed E-state index contributed by atoms with van der Waals surface area (Å²) in [7, 11) is 5.49. The molecule has 2 aliphatic rings. The van der Waals surface area contributed by atoms with Gasteiger partial charge in [-0.05, 0) is 69.1 Å². The summed E-state index contributed by atoms with van der Waals surface area (Å²) in [6, 6.07) is 15.5. The van der Waals surface area contributed by atoms with Crippen LogP contribution in [0, 0.1) is 11.3 Å². The van der Waals surface area contributed by atoms with E-state index in [1.807, 2.05) is 12.1 Å². The molecule has 4 rings (SSSR count). The normalized spacial score (nSPS) is 24.8. The zero-order chi connectivity index (χ0) is 22.7. The molecular formula is C25H30N4O3. The molecule has 2 aromatic rings. The first-order valence-corrected chi connectivity index (χ1v) is 11.0. The highest BCUT2D eigenvalue weighted by molar-refractivity contribution is 5.90. The largest absolute Gasteiger partial charge is 0.493 e. The summed E-state index contributed by atoms with van der Waals surface area (Å²) < 4.78 is 11.0. The first kappa shape index (κ1) is 22.0. The molecule has 1 saturated carbocycles. The quantitative estimate of drug-likeness (QED) is 0.746. The number of anilines is 1. The molecule has 1 heterocycles. The third kappa shape index (κ3) is 3.98. The van der Waals surface area contributed by atoms with Gasteiger partial charge in [-0.25, -0.2) is 4.79 Å². The number of para-hydroxylation sites is 1. The number of urea groups is 1. The summed E-state index contributed by atoms with van der Waals surface area (Å²) in [6.45, 7) is 1.02. The number of carbonyl (C=O) groups excluding carboxylic acids is 1. The van der Waals surface area contributed by atoms with Crippen molar-refractivity contribution >= 4 is 11.7 Å². The Labute approximate surface area is 189 Å². The number of amides is 2. The fourth-order valence-corrected chi connectivity index (χ4v) is 5.43. The number of ether oxygens (including phenoxy) is 2. The van der Waals surface area contributed by atoms with Crippen LogP contribution in [0.5, 0.6) is 11.5 Å². The minimum absolute atomic E-state index is 0.0381. The smallest absolute Gasteiger partial charge is 0.319 e. The Balaban J connectivity index is 1.49. The van der Waals surface area contributed by atoms with E-state index in [4.69, 9.17) is 9.47 Å². The molecule has 7 nitrogen and oxygen atoms in total. The number of methoxy groups -OCH3 is 2. The number of rotatable bonds is 5. The number of likely N-dealkylation sites (tertiary alicyclic amines) is 1. The van der Waals surface area contributed by atoms with Crippen LogP contribution in [0.2, 0.25) is 0 Å². The van der Waals surface area contributed by atoms with Gasteiger partial charge >= 0.3 is 6.03 Å². The van der Waals surface area contributed by atoms with Gasteiger partial charge in [0.2, 0.25) is 0 Å². The Morgan fingerprint density at radius 2 is 1.94 bits per heavy atom. The lowest BCUT2D eigenvalue weighted by atomic mass is 9.65. The van der Waals surface area contributed by atoms with Gasteiger partial charge in [0.15, 0.2) is 11.5 Å². The lowest BCUT2D eigenvalue weighted by molar-refractivity contribution is 0.156. The van der Waals surface area contributed by atoms with Crippen LogP contribution in [-0.2, 0) is 5.41 Å². The molecule has 3 atom stereocenters. The molecule has 0 radical (unpaired) electrons. The Kier molecular flexibility index (Phi) is 6.24. The van der Waals surface area contributed by atoms with Crippen molar-refractivity contribution in [1.29, 1.82) is 5.26 Å². The molecule has 32 heavy (non-hydrogen) atoms. The maximum atomic E-state index is 12.7. The van der Waals surface area contributed by atoms with Gasteiger partial charge in [0, 0.05) is 17.5 Å². The van der Waals surface area contributed by atoms with Crippen LogP contribution in [0.4, 0.5) is 10.5 Å². The van der Waals surface area contributed by atoms with Crippen LogP contribution in [-0.4, -0.2) is 50.8 Å². The van der Waals surface area contributed by atoms with E-state index in [0.717, 1.165) is 43.7 Å². The Hall–Kier alpha value is -3.24. The van der Waals surface area contributed by atoms with E-state index in [1.54, 1.807) is 32.4 Å². The van der Waals surface area contributed by atoms with Crippen LogP contribution >= 0.6 is 0 Å². The van der Waals surface area contributed by atoms with Crippen LogP contribution in [0.3, 0.4) is 0 Å². The zero-order valence-corrected chi connectivity index (χ0v) is 18.9. The maximum absolute atomic E-state index is 12.7. The molecule has 7 heteroatoms. The van der Waals surface area contributed by atoms with E-state index in [-0.39, 0.29) is 17.5 Å². The van der Waals surface area contributed by atoms with Crippen molar-refractivity contribution in [2.24, 2.45) is 0 Å². The maximum Gasteiger partial charge on any atom is 0.319 e. The lowest BCUT2D eigenvalue weighted by Gasteiger charge is -2.45. The van der Waals surface area contributed by atoms with Crippen molar-refractivity contribution in [3.05, 3.63) is 53.6 Å². The van der Waals surface area contributed by atoms with Crippen LogP contribution < -0.4 is 20.1 Å². The Morgan fingerprint density at radius 1 is 1.16 bits per heavy atom. The van der Waals surface area contributed by atoms with Crippen molar-refractivity contribution < 1.29 is 14.3 Å². The van der Waals surface area contributed by atoms with Crippen LogP contribution in [0.1, 0.15) is 36.8 Å². The molecule has 2 aromatic carbocycles. The molecule has 0 spiro atoms. The summed E-state index contributed by atoms with van der Waals surface area (Å²) in [5.41, 5.74) is 2.29. The van der Waals surface area contributed by atoms with Gasteiger partial charge in [0.05, 0.1) is 25.5 Å². The van der Waals surface area contributed by atoms with Gasteiger partial charge in [-0.2, -0.15) is 5.26 Å². The average Bonchev–Trinajstić information content (AvgIpc) is 3.16. The van der Waals surface area contributed by atoms with Crippen molar-refractivity contribution in [3.8, 4) is 17.6 Å². The highest BCUT2D eigenvalue weighted by Gasteiger charge is 2.50. The van der Waals surface area contributed by atoms with E-state index < -0.39 is 0 Å². The highest BCUT2D eigenvalue weighted by Crippen LogP contribution is 2.49. The highest BCUT2D eigenvalue weighted by atomic mass is 16.5. The molecule has 2 amide bonds. The predicted octanol–water partition coefficient (Wildman–Crippen LogP) is 3.89. The third-order valence-corrected chi connectivity index (χ3v) is 7.12. The topological polar surface area (TPSA) is 86.6 Å². The predicted molar refractivity (Wildman–Crippen MR) is 123 cm³/mol. The molecule has 2 N–H and O–H groups in total. The first-order chi connectivity index (χ1) is 15.5. The minimum atomic E-state index is -0.267. The second-order valence-corrected chi connectivity index (χ2v) is 8.70. The summed E-state index contributed by atoms with van der Waals surface area (Å²) in [6.07, 6.45) is 3.83. The van der Waals surface area contributed by atoms with Gasteiger partial charge in [-0.15, -0.1) is 0 Å². The standard InChI is InChI=1S/C25H30N4O3/c1-29-13-12-25(18-8-9-21(31-2)22(14-18)32-3)11-10-19(15-23(25)29)27-24(30)28-20-7-5-4-6-17(20)16-26/h4-9,14,19,23H,10-13,15H2,1-3H3,(H2,27,28,30). The lowest BCUT2D eigenvalue weighted by Crippen LogP contribution is -2.52. The number of fused-ring (bicyclic) bond motifs is 1. The number of benzene rings is 2. The summed E-state index contributed by atoms with van der Waals surface area (Å²) in [5, 5.41) is 15.2. The van der Waals surface area contributed by atoms with E-state index >= 15 is 0 Å². The number of likely N-dealkylation sites (N-methyl/N-ethyl adjacent to an activating group) is 1. The van der Waals surface area contributed by atoms with Gasteiger partial charge in [0.25, 0.3) is 0 Å². The van der Waals surface area contributed by atoms with Crippen molar-refractivity contribution in [1.82, 2.24) is 10.2 Å². The van der Waals surface area contributed by atoms with Gasteiger partial charge in [0.1, 0.15) is 6.07 Å². The number of nitrogens with zero attached hydrogens (tertiary/aromatic N) is 2. The van der Waals surface area contributed by atoms with Crippen molar-refractivity contribution in [3.63, 3.8) is 0 Å². The zero-order valence-electron chi connectivity index (χ0n) is 18.9. The number of hydrogen-bond acceptors (Lipinski definition) is 5. The van der Waals surface area contributed by atoms with E-state index in [1.165, 1.54) is 5.56 Å². The van der Waals surface area contributed by atoms with Gasteiger partial charge in [-0.1, -0.05) is 18.2 Å². The van der Waals surface area contributed by atoms with Crippen LogP contribution in [0.15, 0.2) is 42.5 Å². The number of hydrogen-bond donors (Lipinski definition) is 2. The number of carbonyl (C=O) groups is 1. The number of nitriles is 1. The second kappa shape index (κ2) is 9.09. The second-order valence-electron chi connectivity index (χ2n) is 8.70. The molecule has 3 unspecified atom stereocenters. The summed E-state index contributed by atoms with van der Waals surface area (Å²) in [5.74, 6) is 1.49. The van der Waals surface area contributed by atoms with Crippen LogP contribution in [0.25, 0.3) is 0 Å². The SMILES string of the molecule is COc1ccc(C23CCC(NC(=O)Nc4ccccc4C#N)CC2N(C)CC3)cc1OC. The minimum Gasteiger partial charge on any atom is -0.493 e. The van der Waals surface area contributed by atoms with Crippen molar-refractivity contribution in [2.45, 2.75) is 43.2 Å².